The molecule has 1 aromatic heterocycles. The first-order valence-corrected chi connectivity index (χ1v) is 13.1. The Morgan fingerprint density at radius 2 is 1.78 bits per heavy atom. The minimum Gasteiger partial charge on any atom is -0.489 e. The van der Waals surface area contributed by atoms with Crippen molar-refractivity contribution in [1.82, 2.24) is 4.90 Å². The number of thioether (sulfide) groups is 1. The van der Waals surface area contributed by atoms with E-state index in [1.165, 1.54) is 11.8 Å². The van der Waals surface area contributed by atoms with Crippen LogP contribution in [0.2, 0.25) is 0 Å². The standard InChI is InChI=1S/C29H22BrN3O3S/c30-24-11-4-9-22(15-24)17-27-28(34)33(19-26-13-6-14-35-26)29(37-27)32-31-18-23-10-5-12-25(16-23)36-20-21-7-2-1-3-8-21/h1-18H,19-20H2/b27-17-,31-18-,32-29+. The van der Waals surface area contributed by atoms with Gasteiger partial charge in [0, 0.05) is 4.47 Å². The minimum absolute atomic E-state index is 0.147. The van der Waals surface area contributed by atoms with Gasteiger partial charge in [0.2, 0.25) is 0 Å². The SMILES string of the molecule is O=C1/C(=C/c2cccc(Br)c2)S/C(=N/N=C\c2cccc(OCc3ccccc3)c2)N1Cc1ccco1. The summed E-state index contributed by atoms with van der Waals surface area (Å²) in [4.78, 5) is 15.4. The predicted molar refractivity (Wildman–Crippen MR) is 151 cm³/mol. The van der Waals surface area contributed by atoms with Gasteiger partial charge in [0.25, 0.3) is 5.91 Å². The number of benzene rings is 3. The first-order valence-electron chi connectivity index (χ1n) is 11.5. The lowest BCUT2D eigenvalue weighted by atomic mass is 10.2. The Morgan fingerprint density at radius 3 is 2.59 bits per heavy atom. The van der Waals surface area contributed by atoms with Crippen molar-refractivity contribution in [3.63, 3.8) is 0 Å². The lowest BCUT2D eigenvalue weighted by Crippen LogP contribution is -2.28. The van der Waals surface area contributed by atoms with Gasteiger partial charge >= 0.3 is 0 Å². The molecule has 0 atom stereocenters. The highest BCUT2D eigenvalue weighted by Crippen LogP contribution is 2.34. The minimum atomic E-state index is -0.147. The number of ether oxygens (including phenoxy) is 1. The molecule has 0 bridgehead atoms. The molecule has 2 heterocycles. The Hall–Kier alpha value is -3.88. The van der Waals surface area contributed by atoms with Crippen molar-refractivity contribution in [3.05, 3.63) is 129 Å². The van der Waals surface area contributed by atoms with Gasteiger partial charge in [0.05, 0.1) is 23.9 Å². The summed E-state index contributed by atoms with van der Waals surface area (Å²) in [5.41, 5.74) is 2.85. The first-order chi connectivity index (χ1) is 18.1. The van der Waals surface area contributed by atoms with Crippen LogP contribution in [0.3, 0.4) is 0 Å². The average molecular weight is 572 g/mol. The highest BCUT2D eigenvalue weighted by Gasteiger charge is 2.34. The fourth-order valence-electron chi connectivity index (χ4n) is 3.60. The van der Waals surface area contributed by atoms with Gasteiger partial charge in [-0.15, -0.1) is 5.10 Å². The summed E-state index contributed by atoms with van der Waals surface area (Å²) >= 11 is 4.76. The van der Waals surface area contributed by atoms with Crippen molar-refractivity contribution in [2.24, 2.45) is 10.2 Å². The van der Waals surface area contributed by atoms with Gasteiger partial charge in [-0.05, 0) is 70.9 Å². The van der Waals surface area contributed by atoms with Gasteiger partial charge < -0.3 is 9.15 Å². The van der Waals surface area contributed by atoms with E-state index in [2.05, 4.69) is 26.1 Å². The summed E-state index contributed by atoms with van der Waals surface area (Å²) in [7, 11) is 0. The van der Waals surface area contributed by atoms with Crippen LogP contribution in [0.1, 0.15) is 22.5 Å². The maximum Gasteiger partial charge on any atom is 0.267 e. The molecule has 0 saturated carbocycles. The van der Waals surface area contributed by atoms with Crippen LogP contribution in [0, 0.1) is 0 Å². The molecule has 5 rings (SSSR count). The quantitative estimate of drug-likeness (QED) is 0.128. The normalized spacial score (nSPS) is 15.8. The van der Waals surface area contributed by atoms with Crippen molar-refractivity contribution < 1.29 is 13.9 Å². The van der Waals surface area contributed by atoms with Gasteiger partial charge in [0.1, 0.15) is 18.1 Å². The molecule has 0 radical (unpaired) electrons. The number of halogens is 1. The molecule has 1 aliphatic rings. The van der Waals surface area contributed by atoms with Gasteiger partial charge in [-0.3, -0.25) is 9.69 Å². The fraction of sp³-hybridized carbons (Fsp3) is 0.0690. The number of carbonyl (C=O) groups excluding carboxylic acids is 1. The maximum absolute atomic E-state index is 13.2. The van der Waals surface area contributed by atoms with Crippen molar-refractivity contribution in [3.8, 4) is 5.75 Å². The van der Waals surface area contributed by atoms with Crippen molar-refractivity contribution in [2.75, 3.05) is 0 Å². The number of nitrogens with zero attached hydrogens (tertiary/aromatic N) is 3. The summed E-state index contributed by atoms with van der Waals surface area (Å²) in [6.07, 6.45) is 5.09. The Morgan fingerprint density at radius 1 is 0.946 bits per heavy atom. The van der Waals surface area contributed by atoms with E-state index in [0.717, 1.165) is 26.9 Å². The summed E-state index contributed by atoms with van der Waals surface area (Å²) in [5.74, 6) is 1.26. The molecule has 1 saturated heterocycles. The van der Waals surface area contributed by atoms with Gasteiger partial charge in [-0.2, -0.15) is 5.10 Å². The maximum atomic E-state index is 13.2. The van der Waals surface area contributed by atoms with Crippen molar-refractivity contribution >= 4 is 51.1 Å². The average Bonchev–Trinajstić information content (AvgIpc) is 3.53. The van der Waals surface area contributed by atoms with E-state index >= 15 is 0 Å². The zero-order valence-electron chi connectivity index (χ0n) is 19.7. The molecule has 0 unspecified atom stereocenters. The molecule has 6 nitrogen and oxygen atoms in total. The number of hydrogen-bond donors (Lipinski definition) is 0. The summed E-state index contributed by atoms with van der Waals surface area (Å²) in [5, 5.41) is 9.15. The number of amides is 1. The van der Waals surface area contributed by atoms with Crippen LogP contribution in [0.4, 0.5) is 0 Å². The van der Waals surface area contributed by atoms with Crippen LogP contribution < -0.4 is 4.74 Å². The lowest BCUT2D eigenvalue weighted by molar-refractivity contribution is -0.122. The summed E-state index contributed by atoms with van der Waals surface area (Å²) in [6, 6.07) is 29.0. The molecule has 1 fully saturated rings. The number of amidine groups is 1. The summed E-state index contributed by atoms with van der Waals surface area (Å²) < 4.78 is 12.3. The lowest BCUT2D eigenvalue weighted by Gasteiger charge is -2.12. The van der Waals surface area contributed by atoms with Crippen molar-refractivity contribution in [1.29, 1.82) is 0 Å². The Balaban J connectivity index is 1.34. The Bertz CT molecular complexity index is 1470. The third kappa shape index (κ3) is 6.67. The van der Waals surface area contributed by atoms with Gasteiger partial charge in [-0.25, -0.2) is 0 Å². The third-order valence-corrected chi connectivity index (χ3v) is 6.88. The van der Waals surface area contributed by atoms with E-state index < -0.39 is 0 Å². The molecule has 37 heavy (non-hydrogen) atoms. The van der Waals surface area contributed by atoms with E-state index in [1.54, 1.807) is 23.4 Å². The smallest absolute Gasteiger partial charge is 0.267 e. The molecule has 3 aromatic carbocycles. The molecule has 0 N–H and O–H groups in total. The third-order valence-electron chi connectivity index (χ3n) is 5.39. The van der Waals surface area contributed by atoms with Crippen molar-refractivity contribution in [2.45, 2.75) is 13.2 Å². The first kappa shape index (κ1) is 24.8. The zero-order chi connectivity index (χ0) is 25.5. The number of hydrogen-bond acceptors (Lipinski definition) is 6. The van der Waals surface area contributed by atoms with E-state index in [-0.39, 0.29) is 12.5 Å². The van der Waals surface area contributed by atoms with Crippen LogP contribution in [0.5, 0.6) is 5.75 Å². The van der Waals surface area contributed by atoms with E-state index in [4.69, 9.17) is 9.15 Å². The van der Waals surface area contributed by atoms with Gasteiger partial charge in [-0.1, -0.05) is 70.5 Å². The molecule has 0 spiro atoms. The predicted octanol–water partition coefficient (Wildman–Crippen LogP) is 7.13. The van der Waals surface area contributed by atoms with Crippen LogP contribution in [0.15, 0.2) is 121 Å². The van der Waals surface area contributed by atoms with Gasteiger partial charge in [0.15, 0.2) is 5.17 Å². The molecule has 1 aliphatic heterocycles. The molecular weight excluding hydrogens is 550 g/mol. The molecule has 0 aliphatic carbocycles. The molecule has 1 amide bonds. The van der Waals surface area contributed by atoms with E-state index in [1.807, 2.05) is 91.0 Å². The second-order valence-corrected chi connectivity index (χ2v) is 10.0. The monoisotopic (exact) mass is 571 g/mol. The number of furan rings is 1. The van der Waals surface area contributed by atoms with Crippen LogP contribution in [-0.4, -0.2) is 22.2 Å². The molecule has 8 heteroatoms. The zero-order valence-corrected chi connectivity index (χ0v) is 22.1. The second kappa shape index (κ2) is 11.9. The highest BCUT2D eigenvalue weighted by molar-refractivity contribution is 9.10. The largest absolute Gasteiger partial charge is 0.489 e. The molecule has 184 valence electrons. The molecule has 4 aromatic rings. The number of rotatable bonds is 8. The van der Waals surface area contributed by atoms with E-state index in [0.29, 0.717) is 22.4 Å². The topological polar surface area (TPSA) is 67.4 Å². The highest BCUT2D eigenvalue weighted by atomic mass is 79.9. The van der Waals surface area contributed by atoms with Crippen LogP contribution >= 0.6 is 27.7 Å². The Kier molecular flexibility index (Phi) is 7.98. The van der Waals surface area contributed by atoms with E-state index in [9.17, 15) is 4.79 Å². The fourth-order valence-corrected chi connectivity index (χ4v) is 4.95. The molecular formula is C29H22BrN3O3S. The van der Waals surface area contributed by atoms with Crippen LogP contribution in [0.25, 0.3) is 6.08 Å². The Labute approximate surface area is 227 Å². The van der Waals surface area contributed by atoms with Crippen LogP contribution in [-0.2, 0) is 17.9 Å². The second-order valence-electron chi connectivity index (χ2n) is 8.11. The summed E-state index contributed by atoms with van der Waals surface area (Å²) in [6.45, 7) is 0.753. The number of carbonyl (C=O) groups is 1.